The number of thioether (sulfide) groups is 1. The smallest absolute Gasteiger partial charge is 0.230 e. The Balaban J connectivity index is 1.43. The maximum absolute atomic E-state index is 12.2. The number of halogens is 1. The number of amides is 1. The predicted molar refractivity (Wildman–Crippen MR) is 92.0 cm³/mol. The minimum Gasteiger partial charge on any atom is -0.379 e. The third kappa shape index (κ3) is 5.68. The Morgan fingerprint density at radius 3 is 2.83 bits per heavy atom. The zero-order chi connectivity index (χ0) is 16.1. The van der Waals surface area contributed by atoms with Crippen molar-refractivity contribution in [3.05, 3.63) is 29.3 Å². The minimum atomic E-state index is -0.0196. The van der Waals surface area contributed by atoms with Crippen LogP contribution < -0.4 is 5.32 Å². The molecule has 126 valence electrons. The third-order valence-electron chi connectivity index (χ3n) is 4.08. The highest BCUT2D eigenvalue weighted by Crippen LogP contribution is 2.30. The monoisotopic (exact) mass is 355 g/mol. The van der Waals surface area contributed by atoms with Gasteiger partial charge in [-0.05, 0) is 49.4 Å². The van der Waals surface area contributed by atoms with Gasteiger partial charge in [0.05, 0.1) is 18.4 Å². The summed E-state index contributed by atoms with van der Waals surface area (Å²) in [4.78, 5) is 13.2. The Hall–Kier alpha value is -0.750. The molecule has 0 bridgehead atoms. The Labute approximate surface area is 146 Å². The normalized spacial score (nSPS) is 24.4. The molecule has 2 fully saturated rings. The summed E-state index contributed by atoms with van der Waals surface area (Å²) in [6, 6.07) is 7.58. The average molecular weight is 356 g/mol. The van der Waals surface area contributed by atoms with Crippen LogP contribution in [-0.2, 0) is 14.3 Å². The van der Waals surface area contributed by atoms with E-state index < -0.39 is 0 Å². The number of hydrogen-bond donors (Lipinski definition) is 1. The van der Waals surface area contributed by atoms with Crippen LogP contribution in [0.25, 0.3) is 0 Å². The zero-order valence-corrected chi connectivity index (χ0v) is 14.6. The van der Waals surface area contributed by atoms with Gasteiger partial charge in [-0.3, -0.25) is 4.79 Å². The predicted octanol–water partition coefficient (Wildman–Crippen LogP) is 3.13. The first-order valence-corrected chi connectivity index (χ1v) is 9.44. The summed E-state index contributed by atoms with van der Waals surface area (Å²) >= 11 is 7.37. The molecule has 1 saturated carbocycles. The van der Waals surface area contributed by atoms with Gasteiger partial charge in [-0.1, -0.05) is 11.6 Å². The van der Waals surface area contributed by atoms with Crippen molar-refractivity contribution in [1.29, 1.82) is 0 Å². The number of benzene rings is 1. The Morgan fingerprint density at radius 1 is 1.30 bits per heavy atom. The van der Waals surface area contributed by atoms with Crippen molar-refractivity contribution in [3.63, 3.8) is 0 Å². The summed E-state index contributed by atoms with van der Waals surface area (Å²) < 4.78 is 11.4. The summed E-state index contributed by atoms with van der Waals surface area (Å²) in [5, 5.41) is 3.81. The molecule has 6 heteroatoms. The second-order valence-electron chi connectivity index (χ2n) is 6.10. The number of carbonyl (C=O) groups excluding carboxylic acids is 1. The van der Waals surface area contributed by atoms with Gasteiger partial charge >= 0.3 is 0 Å². The van der Waals surface area contributed by atoms with Crippen LogP contribution in [0.2, 0.25) is 5.02 Å². The first kappa shape index (κ1) is 17.1. The summed E-state index contributed by atoms with van der Waals surface area (Å²) in [5.74, 6) is 1.15. The summed E-state index contributed by atoms with van der Waals surface area (Å²) in [7, 11) is 0. The fourth-order valence-electron chi connectivity index (χ4n) is 2.51. The van der Waals surface area contributed by atoms with E-state index in [9.17, 15) is 4.79 Å². The first-order valence-electron chi connectivity index (χ1n) is 8.08. The molecule has 0 spiro atoms. The molecule has 1 heterocycles. The van der Waals surface area contributed by atoms with Crippen LogP contribution in [0.15, 0.2) is 29.2 Å². The molecule has 3 rings (SSSR count). The molecule has 1 aromatic carbocycles. The van der Waals surface area contributed by atoms with E-state index in [0.717, 1.165) is 17.9 Å². The SMILES string of the molecule is O=C(CSc1ccc(Cl)cc1)N[C@@H]1CCOC[C@H]1OCC1CC1. The van der Waals surface area contributed by atoms with Gasteiger partial charge in [-0.15, -0.1) is 11.8 Å². The van der Waals surface area contributed by atoms with E-state index >= 15 is 0 Å². The van der Waals surface area contributed by atoms with Crippen molar-refractivity contribution >= 4 is 29.3 Å². The maximum atomic E-state index is 12.2. The standard InChI is InChI=1S/C17H22ClNO3S/c18-13-3-5-14(6-4-13)23-11-17(20)19-15-7-8-21-10-16(15)22-9-12-1-2-12/h3-6,12,15-16H,1-2,7-11H2,(H,19,20)/t15-,16-/m1/s1. The van der Waals surface area contributed by atoms with Crippen LogP contribution >= 0.6 is 23.4 Å². The highest BCUT2D eigenvalue weighted by Gasteiger charge is 2.30. The van der Waals surface area contributed by atoms with Gasteiger partial charge < -0.3 is 14.8 Å². The molecule has 0 unspecified atom stereocenters. The lowest BCUT2D eigenvalue weighted by molar-refractivity contribution is -0.123. The van der Waals surface area contributed by atoms with Gasteiger partial charge in [-0.2, -0.15) is 0 Å². The molecule has 2 aliphatic rings. The fourth-order valence-corrected chi connectivity index (χ4v) is 3.35. The van der Waals surface area contributed by atoms with Crippen LogP contribution in [0.4, 0.5) is 0 Å². The van der Waals surface area contributed by atoms with Gasteiger partial charge in [0, 0.05) is 23.1 Å². The van der Waals surface area contributed by atoms with E-state index in [-0.39, 0.29) is 18.1 Å². The maximum Gasteiger partial charge on any atom is 0.230 e. The molecule has 1 N–H and O–H groups in total. The zero-order valence-electron chi connectivity index (χ0n) is 13.0. The van der Waals surface area contributed by atoms with Crippen LogP contribution in [-0.4, -0.2) is 43.6 Å². The van der Waals surface area contributed by atoms with Crippen LogP contribution in [0.5, 0.6) is 0 Å². The quantitative estimate of drug-likeness (QED) is 0.763. The van der Waals surface area contributed by atoms with E-state index in [4.69, 9.17) is 21.1 Å². The lowest BCUT2D eigenvalue weighted by Crippen LogP contribution is -2.50. The highest BCUT2D eigenvalue weighted by atomic mass is 35.5. The number of nitrogens with one attached hydrogen (secondary N) is 1. The van der Waals surface area contributed by atoms with E-state index in [0.29, 0.717) is 29.9 Å². The molecule has 23 heavy (non-hydrogen) atoms. The summed E-state index contributed by atoms with van der Waals surface area (Å²) in [5.41, 5.74) is 0. The van der Waals surface area contributed by atoms with Crippen molar-refractivity contribution in [2.24, 2.45) is 5.92 Å². The molecule has 1 aliphatic heterocycles. The number of ether oxygens (including phenoxy) is 2. The lowest BCUT2D eigenvalue weighted by Gasteiger charge is -2.32. The Bertz CT molecular complexity index is 521. The second-order valence-corrected chi connectivity index (χ2v) is 7.58. The molecule has 1 amide bonds. The first-order chi connectivity index (χ1) is 11.2. The van der Waals surface area contributed by atoms with E-state index in [1.54, 1.807) is 0 Å². The molecule has 1 saturated heterocycles. The molecule has 0 radical (unpaired) electrons. The Kier molecular flexibility index (Phi) is 6.22. The summed E-state index contributed by atoms with van der Waals surface area (Å²) in [6.45, 7) is 2.04. The molecular formula is C17H22ClNO3S. The van der Waals surface area contributed by atoms with Crippen molar-refractivity contribution in [2.45, 2.75) is 36.3 Å². The summed E-state index contributed by atoms with van der Waals surface area (Å²) in [6.07, 6.45) is 3.32. The van der Waals surface area contributed by atoms with E-state index in [1.165, 1.54) is 24.6 Å². The highest BCUT2D eigenvalue weighted by molar-refractivity contribution is 8.00. The second kappa shape index (κ2) is 8.38. The molecule has 0 aromatic heterocycles. The number of carbonyl (C=O) groups is 1. The number of hydrogen-bond acceptors (Lipinski definition) is 4. The van der Waals surface area contributed by atoms with Gasteiger partial charge in [-0.25, -0.2) is 0 Å². The average Bonchev–Trinajstić information content (AvgIpc) is 3.38. The third-order valence-corrected chi connectivity index (χ3v) is 5.34. The van der Waals surface area contributed by atoms with Crippen LogP contribution in [0, 0.1) is 5.92 Å². The van der Waals surface area contributed by atoms with Gasteiger partial charge in [0.15, 0.2) is 0 Å². The van der Waals surface area contributed by atoms with Gasteiger partial charge in [0.1, 0.15) is 6.10 Å². The van der Waals surface area contributed by atoms with E-state index in [1.807, 2.05) is 24.3 Å². The van der Waals surface area contributed by atoms with Crippen LogP contribution in [0.1, 0.15) is 19.3 Å². The van der Waals surface area contributed by atoms with Crippen molar-refractivity contribution in [2.75, 3.05) is 25.6 Å². The van der Waals surface area contributed by atoms with Crippen molar-refractivity contribution in [1.82, 2.24) is 5.32 Å². The lowest BCUT2D eigenvalue weighted by atomic mass is 10.1. The molecule has 1 aliphatic carbocycles. The minimum absolute atomic E-state index is 0.0196. The fraction of sp³-hybridized carbons (Fsp3) is 0.588. The molecule has 1 aromatic rings. The molecule has 2 atom stereocenters. The van der Waals surface area contributed by atoms with Gasteiger partial charge in [0.2, 0.25) is 5.91 Å². The van der Waals surface area contributed by atoms with Gasteiger partial charge in [0.25, 0.3) is 0 Å². The van der Waals surface area contributed by atoms with Crippen LogP contribution in [0.3, 0.4) is 0 Å². The Morgan fingerprint density at radius 2 is 2.09 bits per heavy atom. The molecular weight excluding hydrogens is 334 g/mol. The largest absolute Gasteiger partial charge is 0.379 e. The van der Waals surface area contributed by atoms with Crippen molar-refractivity contribution in [3.8, 4) is 0 Å². The number of rotatable bonds is 7. The molecule has 4 nitrogen and oxygen atoms in total. The van der Waals surface area contributed by atoms with Crippen molar-refractivity contribution < 1.29 is 14.3 Å². The van der Waals surface area contributed by atoms with E-state index in [2.05, 4.69) is 5.32 Å². The topological polar surface area (TPSA) is 47.6 Å².